The maximum absolute atomic E-state index is 12.5. The lowest BCUT2D eigenvalue weighted by atomic mass is 10.1. The minimum absolute atomic E-state index is 0.224. The van der Waals surface area contributed by atoms with E-state index in [0.29, 0.717) is 23.0 Å². The van der Waals surface area contributed by atoms with Crippen LogP contribution < -0.4 is 14.8 Å². The molecule has 142 valence electrons. The molecule has 0 fully saturated rings. The second kappa shape index (κ2) is 7.16. The normalized spacial score (nSPS) is 12.6. The van der Waals surface area contributed by atoms with Gasteiger partial charge in [-0.3, -0.25) is 4.79 Å². The average molecular weight is 383 g/mol. The number of rotatable bonds is 4. The summed E-state index contributed by atoms with van der Waals surface area (Å²) in [6.45, 7) is 0.224. The van der Waals surface area contributed by atoms with E-state index in [9.17, 15) is 4.79 Å². The van der Waals surface area contributed by atoms with Gasteiger partial charge in [0.1, 0.15) is 5.82 Å². The summed E-state index contributed by atoms with van der Waals surface area (Å²) in [6.07, 6.45) is 3.23. The van der Waals surface area contributed by atoms with E-state index in [-0.39, 0.29) is 12.7 Å². The predicted octanol–water partition coefficient (Wildman–Crippen LogP) is 4.61. The smallest absolute Gasteiger partial charge is 0.248 e. The highest BCUT2D eigenvalue weighted by Crippen LogP contribution is 2.33. The van der Waals surface area contributed by atoms with Gasteiger partial charge in [0.15, 0.2) is 11.5 Å². The van der Waals surface area contributed by atoms with Crippen molar-refractivity contribution in [2.45, 2.75) is 0 Å². The Hall–Kier alpha value is -4.06. The van der Waals surface area contributed by atoms with Crippen molar-refractivity contribution in [3.8, 4) is 22.9 Å². The third kappa shape index (κ3) is 3.43. The van der Waals surface area contributed by atoms with Crippen LogP contribution in [0.3, 0.4) is 0 Å². The Bertz CT molecular complexity index is 1210. The van der Waals surface area contributed by atoms with Gasteiger partial charge in [-0.2, -0.15) is 0 Å². The zero-order valence-electron chi connectivity index (χ0n) is 15.4. The summed E-state index contributed by atoms with van der Waals surface area (Å²) in [5, 5.41) is 2.93. The number of nitrogens with one attached hydrogen (secondary N) is 2. The van der Waals surface area contributed by atoms with E-state index in [1.807, 2.05) is 66.7 Å². The molecule has 0 saturated carbocycles. The molecule has 0 saturated heterocycles. The Morgan fingerprint density at radius 1 is 1.00 bits per heavy atom. The Kier molecular flexibility index (Phi) is 4.22. The molecule has 4 aromatic rings. The number of ether oxygens (including phenoxy) is 2. The third-order valence-electron chi connectivity index (χ3n) is 4.65. The predicted molar refractivity (Wildman–Crippen MR) is 112 cm³/mol. The van der Waals surface area contributed by atoms with Crippen LogP contribution in [0.5, 0.6) is 11.5 Å². The summed E-state index contributed by atoms with van der Waals surface area (Å²) in [5.41, 5.74) is 4.20. The first-order valence-electron chi connectivity index (χ1n) is 9.19. The van der Waals surface area contributed by atoms with Crippen LogP contribution >= 0.6 is 0 Å². The number of hydrogen-bond acceptors (Lipinski definition) is 4. The van der Waals surface area contributed by atoms with E-state index >= 15 is 0 Å². The summed E-state index contributed by atoms with van der Waals surface area (Å²) < 4.78 is 10.7. The Balaban J connectivity index is 1.37. The molecule has 6 nitrogen and oxygen atoms in total. The lowest BCUT2D eigenvalue weighted by molar-refractivity contribution is -0.111. The van der Waals surface area contributed by atoms with Crippen molar-refractivity contribution in [3.05, 3.63) is 78.4 Å². The molecule has 2 heterocycles. The van der Waals surface area contributed by atoms with Crippen LogP contribution in [0.15, 0.2) is 72.8 Å². The van der Waals surface area contributed by atoms with Gasteiger partial charge in [0.2, 0.25) is 12.7 Å². The number of hydrogen-bond donors (Lipinski definition) is 2. The fraction of sp³-hybridized carbons (Fsp3) is 0.0435. The number of H-pyrrole nitrogens is 1. The largest absolute Gasteiger partial charge is 0.454 e. The number of para-hydroxylation sites is 3. The van der Waals surface area contributed by atoms with Crippen LogP contribution in [0.4, 0.5) is 5.69 Å². The fourth-order valence-electron chi connectivity index (χ4n) is 3.24. The molecule has 0 radical (unpaired) electrons. The molecule has 1 aliphatic rings. The molecule has 1 amide bonds. The lowest BCUT2D eigenvalue weighted by Gasteiger charge is -2.07. The number of amides is 1. The first-order valence-corrected chi connectivity index (χ1v) is 9.19. The zero-order chi connectivity index (χ0) is 19.6. The number of nitrogens with zero attached hydrogens (tertiary/aromatic N) is 1. The van der Waals surface area contributed by atoms with Gasteiger partial charge < -0.3 is 19.8 Å². The second-order valence-electron chi connectivity index (χ2n) is 6.58. The van der Waals surface area contributed by atoms with E-state index in [1.165, 1.54) is 6.08 Å². The SMILES string of the molecule is O=C(C=Cc1ccc2c(c1)OCO2)Nc1ccccc1-c1nc2ccccc2[nH]1. The van der Waals surface area contributed by atoms with Crippen LogP contribution in [-0.2, 0) is 4.79 Å². The number of anilines is 1. The molecule has 0 bridgehead atoms. The minimum atomic E-state index is -0.230. The van der Waals surface area contributed by atoms with Crippen molar-refractivity contribution in [1.29, 1.82) is 0 Å². The molecular weight excluding hydrogens is 366 g/mol. The number of aromatic amines is 1. The highest BCUT2D eigenvalue weighted by atomic mass is 16.7. The van der Waals surface area contributed by atoms with E-state index in [2.05, 4.69) is 15.3 Å². The van der Waals surface area contributed by atoms with Crippen molar-refractivity contribution in [1.82, 2.24) is 9.97 Å². The van der Waals surface area contributed by atoms with Crippen LogP contribution in [0, 0.1) is 0 Å². The van der Waals surface area contributed by atoms with Gasteiger partial charge in [0.25, 0.3) is 0 Å². The van der Waals surface area contributed by atoms with Gasteiger partial charge in [0.05, 0.1) is 16.7 Å². The van der Waals surface area contributed by atoms with Crippen molar-refractivity contribution in [2.24, 2.45) is 0 Å². The average Bonchev–Trinajstić information content (AvgIpc) is 3.39. The van der Waals surface area contributed by atoms with Crippen LogP contribution in [0.1, 0.15) is 5.56 Å². The topological polar surface area (TPSA) is 76.2 Å². The Morgan fingerprint density at radius 3 is 2.76 bits per heavy atom. The second-order valence-corrected chi connectivity index (χ2v) is 6.58. The number of imidazole rings is 1. The molecule has 0 unspecified atom stereocenters. The van der Waals surface area contributed by atoms with E-state index in [1.54, 1.807) is 6.08 Å². The van der Waals surface area contributed by atoms with Crippen molar-refractivity contribution in [3.63, 3.8) is 0 Å². The summed E-state index contributed by atoms with van der Waals surface area (Å²) in [5.74, 6) is 1.88. The Labute approximate surface area is 166 Å². The van der Waals surface area contributed by atoms with Gasteiger partial charge in [-0.1, -0.05) is 30.3 Å². The molecule has 6 heteroatoms. The highest BCUT2D eigenvalue weighted by Gasteiger charge is 2.13. The molecule has 3 aromatic carbocycles. The summed E-state index contributed by atoms with van der Waals surface area (Å²) >= 11 is 0. The molecular formula is C23H17N3O3. The van der Waals surface area contributed by atoms with Gasteiger partial charge in [0, 0.05) is 11.6 Å². The summed E-state index contributed by atoms with van der Waals surface area (Å²) in [4.78, 5) is 20.4. The summed E-state index contributed by atoms with van der Waals surface area (Å²) in [7, 11) is 0. The monoisotopic (exact) mass is 383 g/mol. The molecule has 2 N–H and O–H groups in total. The Morgan fingerprint density at radius 2 is 1.83 bits per heavy atom. The third-order valence-corrected chi connectivity index (χ3v) is 4.65. The van der Waals surface area contributed by atoms with Gasteiger partial charge in [-0.05, 0) is 48.0 Å². The molecule has 0 aliphatic carbocycles. The van der Waals surface area contributed by atoms with Gasteiger partial charge in [-0.15, -0.1) is 0 Å². The highest BCUT2D eigenvalue weighted by molar-refractivity contribution is 6.04. The number of carbonyl (C=O) groups excluding carboxylic acids is 1. The first-order chi connectivity index (χ1) is 14.3. The van der Waals surface area contributed by atoms with Crippen molar-refractivity contribution >= 4 is 28.7 Å². The maximum Gasteiger partial charge on any atom is 0.248 e. The van der Waals surface area contributed by atoms with Gasteiger partial charge >= 0.3 is 0 Å². The van der Waals surface area contributed by atoms with E-state index < -0.39 is 0 Å². The maximum atomic E-state index is 12.5. The first kappa shape index (κ1) is 17.1. The lowest BCUT2D eigenvalue weighted by Crippen LogP contribution is -2.08. The number of carbonyl (C=O) groups is 1. The molecule has 1 aliphatic heterocycles. The summed E-state index contributed by atoms with van der Waals surface area (Å²) in [6, 6.07) is 20.9. The molecule has 1 aromatic heterocycles. The van der Waals surface area contributed by atoms with Gasteiger partial charge in [-0.25, -0.2) is 4.98 Å². The van der Waals surface area contributed by atoms with Crippen molar-refractivity contribution in [2.75, 3.05) is 12.1 Å². The minimum Gasteiger partial charge on any atom is -0.454 e. The molecule has 0 atom stereocenters. The number of fused-ring (bicyclic) bond motifs is 2. The molecule has 5 rings (SSSR count). The molecule has 0 spiro atoms. The van der Waals surface area contributed by atoms with Crippen LogP contribution in [0.25, 0.3) is 28.5 Å². The fourth-order valence-corrected chi connectivity index (χ4v) is 3.24. The molecule has 29 heavy (non-hydrogen) atoms. The van der Waals surface area contributed by atoms with Crippen molar-refractivity contribution < 1.29 is 14.3 Å². The van der Waals surface area contributed by atoms with E-state index in [0.717, 1.165) is 22.2 Å². The zero-order valence-corrected chi connectivity index (χ0v) is 15.4. The number of benzene rings is 3. The van der Waals surface area contributed by atoms with Crippen LogP contribution in [0.2, 0.25) is 0 Å². The number of aromatic nitrogens is 2. The van der Waals surface area contributed by atoms with E-state index in [4.69, 9.17) is 9.47 Å². The quantitative estimate of drug-likeness (QED) is 0.505. The standard InChI is InChI=1S/C23H17N3O3/c27-22(12-10-15-9-11-20-21(13-15)29-14-28-20)24-17-6-2-1-5-16(17)23-25-18-7-3-4-8-19(18)26-23/h1-13H,14H2,(H,24,27)(H,25,26). The van der Waals surface area contributed by atoms with Crippen LogP contribution in [-0.4, -0.2) is 22.7 Å².